The number of methoxy groups -OCH3 is 1. The second kappa shape index (κ2) is 7.98. The van der Waals surface area contributed by atoms with E-state index in [-0.39, 0.29) is 12.3 Å². The molecule has 0 bridgehead atoms. The van der Waals surface area contributed by atoms with Crippen LogP contribution in [0.4, 0.5) is 11.4 Å². The van der Waals surface area contributed by atoms with Crippen molar-refractivity contribution in [2.24, 2.45) is 5.92 Å². The summed E-state index contributed by atoms with van der Waals surface area (Å²) in [6, 6.07) is 8.03. The third-order valence-electron chi connectivity index (χ3n) is 6.00. The smallest absolute Gasteiger partial charge is 0.250 e. The molecule has 2 aliphatic heterocycles. The molecule has 4 atom stereocenters. The monoisotopic (exact) mass is 463 g/mol. The van der Waals surface area contributed by atoms with Crippen LogP contribution in [0.25, 0.3) is 0 Å². The van der Waals surface area contributed by atoms with E-state index in [0.717, 1.165) is 5.56 Å². The van der Waals surface area contributed by atoms with Gasteiger partial charge in [-0.15, -0.1) is 0 Å². The second-order valence-corrected chi connectivity index (χ2v) is 8.89. The lowest BCUT2D eigenvalue weighted by atomic mass is 9.79. The minimum Gasteiger partial charge on any atom is -0.495 e. The van der Waals surface area contributed by atoms with Gasteiger partial charge in [-0.25, -0.2) is 0 Å². The highest BCUT2D eigenvalue weighted by atomic mass is 35.5. The highest BCUT2D eigenvalue weighted by Gasteiger charge is 2.61. The van der Waals surface area contributed by atoms with Gasteiger partial charge in [0.25, 0.3) is 0 Å². The van der Waals surface area contributed by atoms with Crippen LogP contribution in [-0.4, -0.2) is 36.2 Å². The number of fused-ring (bicyclic) bond motifs is 2. The van der Waals surface area contributed by atoms with Crippen LogP contribution in [0.3, 0.4) is 0 Å². The molecule has 2 aliphatic rings. The first kappa shape index (κ1) is 21.9. The fourth-order valence-electron chi connectivity index (χ4n) is 4.51. The van der Waals surface area contributed by atoms with E-state index in [1.54, 1.807) is 31.2 Å². The van der Waals surface area contributed by atoms with E-state index in [1.165, 1.54) is 7.11 Å². The van der Waals surface area contributed by atoms with Crippen LogP contribution in [0.1, 0.15) is 24.5 Å². The SMILES string of the molecule is COc1ccc(Cl)cc1NC(=O)[C@H]1C[C@H]([C@@H](C)O)N[C@@]12C(=O)Nc1c(Cl)cc(C)cc12. The molecule has 4 N–H and O–H groups in total. The summed E-state index contributed by atoms with van der Waals surface area (Å²) in [5, 5.41) is 20.0. The first-order valence-electron chi connectivity index (χ1n) is 9.89. The number of aliphatic hydroxyl groups is 1. The Hall–Kier alpha value is -2.32. The zero-order valence-electron chi connectivity index (χ0n) is 17.3. The van der Waals surface area contributed by atoms with Gasteiger partial charge in [-0.2, -0.15) is 0 Å². The number of halogens is 2. The molecule has 1 spiro atoms. The lowest BCUT2D eigenvalue weighted by Gasteiger charge is -2.30. The number of anilines is 2. The Bertz CT molecular complexity index is 1070. The minimum absolute atomic E-state index is 0.255. The first-order chi connectivity index (χ1) is 14.7. The molecule has 2 amide bonds. The van der Waals surface area contributed by atoms with Crippen molar-refractivity contribution in [2.75, 3.05) is 17.7 Å². The summed E-state index contributed by atoms with van der Waals surface area (Å²) < 4.78 is 5.32. The molecule has 0 unspecified atom stereocenters. The van der Waals surface area contributed by atoms with Gasteiger partial charge in [0, 0.05) is 16.6 Å². The van der Waals surface area contributed by atoms with E-state index >= 15 is 0 Å². The molecule has 0 radical (unpaired) electrons. The topological polar surface area (TPSA) is 99.7 Å². The van der Waals surface area contributed by atoms with Crippen LogP contribution in [0.2, 0.25) is 10.0 Å². The third-order valence-corrected chi connectivity index (χ3v) is 6.53. The van der Waals surface area contributed by atoms with Crippen molar-refractivity contribution in [3.05, 3.63) is 51.5 Å². The van der Waals surface area contributed by atoms with Crippen molar-refractivity contribution in [2.45, 2.75) is 38.0 Å². The summed E-state index contributed by atoms with van der Waals surface area (Å²) in [6.07, 6.45) is -0.516. The second-order valence-electron chi connectivity index (χ2n) is 8.05. The molecule has 31 heavy (non-hydrogen) atoms. The molecule has 164 valence electrons. The first-order valence-corrected chi connectivity index (χ1v) is 10.6. The molecule has 1 fully saturated rings. The number of benzene rings is 2. The summed E-state index contributed by atoms with van der Waals surface area (Å²) in [5.41, 5.74) is 0.981. The van der Waals surface area contributed by atoms with E-state index in [4.69, 9.17) is 27.9 Å². The number of nitrogens with one attached hydrogen (secondary N) is 3. The van der Waals surface area contributed by atoms with Crippen LogP contribution in [0, 0.1) is 12.8 Å². The van der Waals surface area contributed by atoms with Crippen LogP contribution >= 0.6 is 23.2 Å². The number of amides is 2. The number of hydrogen-bond acceptors (Lipinski definition) is 5. The van der Waals surface area contributed by atoms with Crippen molar-refractivity contribution in [3.63, 3.8) is 0 Å². The van der Waals surface area contributed by atoms with Crippen LogP contribution in [0.5, 0.6) is 5.75 Å². The van der Waals surface area contributed by atoms with E-state index in [1.807, 2.05) is 13.0 Å². The average Bonchev–Trinajstić information content (AvgIpc) is 3.23. The molecule has 9 heteroatoms. The molecular weight excluding hydrogens is 441 g/mol. The fourth-order valence-corrected chi connectivity index (χ4v) is 5.00. The summed E-state index contributed by atoms with van der Waals surface area (Å²) in [7, 11) is 1.49. The van der Waals surface area contributed by atoms with Gasteiger partial charge in [-0.1, -0.05) is 29.3 Å². The number of hydrogen-bond donors (Lipinski definition) is 4. The Labute approximate surface area is 190 Å². The summed E-state index contributed by atoms with van der Waals surface area (Å²) >= 11 is 12.5. The Morgan fingerprint density at radius 3 is 2.74 bits per heavy atom. The van der Waals surface area contributed by atoms with Crippen molar-refractivity contribution >= 4 is 46.4 Å². The van der Waals surface area contributed by atoms with Gasteiger partial charge in [0.1, 0.15) is 11.3 Å². The number of carbonyl (C=O) groups is 2. The average molecular weight is 464 g/mol. The van der Waals surface area contributed by atoms with E-state index in [0.29, 0.717) is 32.7 Å². The van der Waals surface area contributed by atoms with Gasteiger partial charge in [0.2, 0.25) is 11.8 Å². The lowest BCUT2D eigenvalue weighted by Crippen LogP contribution is -2.53. The maximum absolute atomic E-state index is 13.5. The van der Waals surface area contributed by atoms with Crippen molar-refractivity contribution in [1.29, 1.82) is 0 Å². The molecule has 0 aliphatic carbocycles. The van der Waals surface area contributed by atoms with Crippen molar-refractivity contribution < 1.29 is 19.4 Å². The van der Waals surface area contributed by atoms with Gasteiger partial charge in [-0.05, 0) is 50.1 Å². The molecule has 2 heterocycles. The van der Waals surface area contributed by atoms with Gasteiger partial charge < -0.3 is 20.5 Å². The Morgan fingerprint density at radius 2 is 2.06 bits per heavy atom. The lowest BCUT2D eigenvalue weighted by molar-refractivity contribution is -0.130. The zero-order valence-corrected chi connectivity index (χ0v) is 18.8. The molecule has 4 rings (SSSR count). The molecule has 2 aromatic rings. The number of rotatable bonds is 4. The maximum Gasteiger partial charge on any atom is 0.250 e. The largest absolute Gasteiger partial charge is 0.495 e. The van der Waals surface area contributed by atoms with Crippen molar-refractivity contribution in [1.82, 2.24) is 5.32 Å². The standard InChI is InChI=1S/C22H23Cl2N3O4/c1-10-6-13-19(15(24)7-10)26-21(30)22(13)14(9-16(27-22)11(2)28)20(29)25-17-8-12(23)4-5-18(17)31-3/h4-8,11,14,16,27-28H,9H2,1-3H3,(H,25,29)(H,26,30)/t11-,14-,16-,22-/m1/s1. The van der Waals surface area contributed by atoms with Crippen LogP contribution in [0.15, 0.2) is 30.3 Å². The minimum atomic E-state index is -1.36. The molecule has 1 saturated heterocycles. The summed E-state index contributed by atoms with van der Waals surface area (Å²) in [4.78, 5) is 26.8. The van der Waals surface area contributed by atoms with Gasteiger partial charge >= 0.3 is 0 Å². The normalized spacial score (nSPS) is 25.3. The quantitative estimate of drug-likeness (QED) is 0.556. The summed E-state index contributed by atoms with van der Waals surface area (Å²) in [6.45, 7) is 3.50. The Balaban J connectivity index is 1.79. The number of ether oxygens (including phenoxy) is 1. The highest BCUT2D eigenvalue weighted by Crippen LogP contribution is 2.50. The van der Waals surface area contributed by atoms with E-state index < -0.39 is 29.5 Å². The maximum atomic E-state index is 13.5. The molecule has 7 nitrogen and oxygen atoms in total. The number of carbonyl (C=O) groups excluding carboxylic acids is 2. The van der Waals surface area contributed by atoms with Crippen LogP contribution < -0.4 is 20.7 Å². The fraction of sp³-hybridized carbons (Fsp3) is 0.364. The van der Waals surface area contributed by atoms with Crippen molar-refractivity contribution in [3.8, 4) is 5.75 Å². The molecular formula is C22H23Cl2N3O4. The van der Waals surface area contributed by atoms with Gasteiger partial charge in [-0.3, -0.25) is 14.9 Å². The van der Waals surface area contributed by atoms with Gasteiger partial charge in [0.05, 0.1) is 35.5 Å². The zero-order chi connectivity index (χ0) is 22.5. The Kier molecular flexibility index (Phi) is 5.64. The molecule has 0 aromatic heterocycles. The van der Waals surface area contributed by atoms with Crippen LogP contribution in [-0.2, 0) is 15.1 Å². The van der Waals surface area contributed by atoms with E-state index in [2.05, 4.69) is 16.0 Å². The highest BCUT2D eigenvalue weighted by molar-refractivity contribution is 6.35. The number of aliphatic hydroxyl groups excluding tert-OH is 1. The Morgan fingerprint density at radius 1 is 1.32 bits per heavy atom. The van der Waals surface area contributed by atoms with E-state index in [9.17, 15) is 14.7 Å². The molecule has 0 saturated carbocycles. The molecule has 2 aromatic carbocycles. The third kappa shape index (κ3) is 3.55. The predicted octanol–water partition coefficient (Wildman–Crippen LogP) is 3.46. The number of aryl methyl sites for hydroxylation is 1. The van der Waals surface area contributed by atoms with Gasteiger partial charge in [0.15, 0.2) is 0 Å². The summed E-state index contributed by atoms with van der Waals surface area (Å²) in [5.74, 6) is -1.14. The predicted molar refractivity (Wildman–Crippen MR) is 120 cm³/mol.